The van der Waals surface area contributed by atoms with Crippen molar-refractivity contribution in [1.82, 2.24) is 15.1 Å². The van der Waals surface area contributed by atoms with E-state index in [4.69, 9.17) is 0 Å². The summed E-state index contributed by atoms with van der Waals surface area (Å²) in [5.41, 5.74) is 4.77. The Morgan fingerprint density at radius 3 is 2.52 bits per heavy atom. The van der Waals surface area contributed by atoms with Crippen LogP contribution in [0.5, 0.6) is 0 Å². The number of nitrogens with zero attached hydrogens (tertiary/aromatic N) is 2. The minimum Gasteiger partial charge on any atom is -0.381 e. The summed E-state index contributed by atoms with van der Waals surface area (Å²) in [5, 5.41) is 8.87. The molecule has 1 N–H and O–H groups in total. The molecule has 3 nitrogen and oxygen atoms in total. The summed E-state index contributed by atoms with van der Waals surface area (Å²) in [6, 6.07) is 20.5. The SMILES string of the molecule is C=C(NCc1ccc(Br)cc1)c1cccc2c1cnn2-c1ccc(F)cc1. The molecule has 134 valence electrons. The van der Waals surface area contributed by atoms with E-state index in [1.54, 1.807) is 16.8 Å². The number of rotatable bonds is 5. The second-order valence-corrected chi connectivity index (χ2v) is 7.15. The van der Waals surface area contributed by atoms with E-state index in [9.17, 15) is 4.39 Å². The zero-order valence-corrected chi connectivity index (χ0v) is 16.1. The summed E-state index contributed by atoms with van der Waals surface area (Å²) in [5.74, 6) is -0.263. The highest BCUT2D eigenvalue weighted by Gasteiger charge is 2.10. The number of nitrogens with one attached hydrogen (secondary N) is 1. The molecule has 0 aliphatic heterocycles. The van der Waals surface area contributed by atoms with E-state index in [2.05, 4.69) is 45.1 Å². The number of benzene rings is 3. The zero-order chi connectivity index (χ0) is 18.8. The lowest BCUT2D eigenvalue weighted by molar-refractivity contribution is 0.627. The molecule has 0 saturated carbocycles. The van der Waals surface area contributed by atoms with Crippen LogP contribution in [-0.4, -0.2) is 9.78 Å². The molecular weight excluding hydrogens is 405 g/mol. The highest BCUT2D eigenvalue weighted by atomic mass is 79.9. The lowest BCUT2D eigenvalue weighted by atomic mass is 10.1. The molecule has 0 spiro atoms. The Hall–Kier alpha value is -2.92. The van der Waals surface area contributed by atoms with Crippen molar-refractivity contribution < 1.29 is 4.39 Å². The number of halogens is 2. The summed E-state index contributed by atoms with van der Waals surface area (Å²) >= 11 is 3.45. The number of hydrogen-bond donors (Lipinski definition) is 1. The Balaban J connectivity index is 1.61. The Labute approximate surface area is 165 Å². The van der Waals surface area contributed by atoms with Crippen molar-refractivity contribution in [2.45, 2.75) is 6.54 Å². The van der Waals surface area contributed by atoms with Gasteiger partial charge in [0.15, 0.2) is 0 Å². The summed E-state index contributed by atoms with van der Waals surface area (Å²) in [6.45, 7) is 4.88. The third-order valence-electron chi connectivity index (χ3n) is 4.43. The molecule has 0 atom stereocenters. The minimum absolute atomic E-state index is 0.263. The van der Waals surface area contributed by atoms with Crippen LogP contribution in [0.1, 0.15) is 11.1 Å². The van der Waals surface area contributed by atoms with Crippen molar-refractivity contribution in [1.29, 1.82) is 0 Å². The molecule has 0 aliphatic carbocycles. The standard InChI is InChI=1S/C22H17BrFN3/c1-15(25-13-16-5-7-17(23)8-6-16)20-3-2-4-22-21(20)14-26-27(22)19-11-9-18(24)10-12-19/h2-12,14,25H,1,13H2. The minimum atomic E-state index is -0.263. The van der Waals surface area contributed by atoms with Crippen molar-refractivity contribution >= 4 is 32.5 Å². The van der Waals surface area contributed by atoms with E-state index in [-0.39, 0.29) is 5.82 Å². The van der Waals surface area contributed by atoms with Gasteiger partial charge in [-0.05, 0) is 48.0 Å². The second-order valence-electron chi connectivity index (χ2n) is 6.23. The average molecular weight is 422 g/mol. The first kappa shape index (κ1) is 17.5. The molecule has 4 rings (SSSR count). The van der Waals surface area contributed by atoms with E-state index in [0.717, 1.165) is 32.3 Å². The first-order chi connectivity index (χ1) is 13.1. The first-order valence-corrected chi connectivity index (χ1v) is 9.31. The molecule has 0 unspecified atom stereocenters. The number of fused-ring (bicyclic) bond motifs is 1. The zero-order valence-electron chi connectivity index (χ0n) is 14.5. The van der Waals surface area contributed by atoms with Gasteiger partial charge in [0.1, 0.15) is 5.82 Å². The van der Waals surface area contributed by atoms with Crippen LogP contribution in [0.25, 0.3) is 22.3 Å². The Morgan fingerprint density at radius 1 is 1.04 bits per heavy atom. The fourth-order valence-corrected chi connectivity index (χ4v) is 3.27. The van der Waals surface area contributed by atoms with Gasteiger partial charge in [0.05, 0.1) is 17.4 Å². The fourth-order valence-electron chi connectivity index (χ4n) is 3.01. The smallest absolute Gasteiger partial charge is 0.123 e. The van der Waals surface area contributed by atoms with Crippen molar-refractivity contribution in [2.75, 3.05) is 0 Å². The molecule has 1 heterocycles. The quantitative estimate of drug-likeness (QED) is 0.448. The van der Waals surface area contributed by atoms with Crippen LogP contribution < -0.4 is 5.32 Å². The molecule has 5 heteroatoms. The van der Waals surface area contributed by atoms with Crippen molar-refractivity contribution in [3.63, 3.8) is 0 Å². The molecule has 0 amide bonds. The molecule has 0 saturated heterocycles. The van der Waals surface area contributed by atoms with Gasteiger partial charge in [-0.15, -0.1) is 0 Å². The molecule has 3 aromatic carbocycles. The molecule has 0 radical (unpaired) electrons. The average Bonchev–Trinajstić information content (AvgIpc) is 3.12. The molecule has 0 aliphatic rings. The summed E-state index contributed by atoms with van der Waals surface area (Å²) in [4.78, 5) is 0. The number of hydrogen-bond acceptors (Lipinski definition) is 2. The largest absolute Gasteiger partial charge is 0.381 e. The fraction of sp³-hybridized carbons (Fsp3) is 0.0455. The summed E-state index contributed by atoms with van der Waals surface area (Å²) in [6.07, 6.45) is 1.82. The lowest BCUT2D eigenvalue weighted by Crippen LogP contribution is -2.11. The van der Waals surface area contributed by atoms with Crippen LogP contribution in [0.4, 0.5) is 4.39 Å². The van der Waals surface area contributed by atoms with Gasteiger partial charge in [-0.2, -0.15) is 5.10 Å². The van der Waals surface area contributed by atoms with E-state index in [1.165, 1.54) is 17.7 Å². The third kappa shape index (κ3) is 3.64. The molecule has 4 aromatic rings. The van der Waals surface area contributed by atoms with Crippen LogP contribution in [-0.2, 0) is 6.54 Å². The van der Waals surface area contributed by atoms with Gasteiger partial charge in [-0.3, -0.25) is 0 Å². The van der Waals surface area contributed by atoms with Gasteiger partial charge in [-0.1, -0.05) is 46.8 Å². The maximum atomic E-state index is 13.2. The summed E-state index contributed by atoms with van der Waals surface area (Å²) < 4.78 is 16.1. The van der Waals surface area contributed by atoms with Gasteiger partial charge < -0.3 is 5.32 Å². The van der Waals surface area contributed by atoms with Crippen LogP contribution in [0, 0.1) is 5.82 Å². The lowest BCUT2D eigenvalue weighted by Gasteiger charge is -2.11. The van der Waals surface area contributed by atoms with Crippen molar-refractivity contribution in [3.8, 4) is 5.69 Å². The second kappa shape index (κ2) is 7.37. The van der Waals surface area contributed by atoms with E-state index < -0.39 is 0 Å². The third-order valence-corrected chi connectivity index (χ3v) is 4.96. The van der Waals surface area contributed by atoms with Gasteiger partial charge in [0.25, 0.3) is 0 Å². The normalized spacial score (nSPS) is 10.9. The molecule has 1 aromatic heterocycles. The maximum absolute atomic E-state index is 13.2. The van der Waals surface area contributed by atoms with Crippen molar-refractivity contribution in [3.05, 3.63) is 101 Å². The van der Waals surface area contributed by atoms with Crippen LogP contribution in [0.15, 0.2) is 84.0 Å². The predicted octanol–water partition coefficient (Wildman–Crippen LogP) is 5.69. The topological polar surface area (TPSA) is 29.9 Å². The van der Waals surface area contributed by atoms with Gasteiger partial charge in [-0.25, -0.2) is 9.07 Å². The molecule has 0 fully saturated rings. The van der Waals surface area contributed by atoms with Crippen molar-refractivity contribution in [2.24, 2.45) is 0 Å². The Kier molecular flexibility index (Phi) is 4.77. The van der Waals surface area contributed by atoms with E-state index in [1.807, 2.05) is 36.5 Å². The van der Waals surface area contributed by atoms with E-state index in [0.29, 0.717) is 6.54 Å². The van der Waals surface area contributed by atoms with Crippen LogP contribution >= 0.6 is 15.9 Å². The van der Waals surface area contributed by atoms with Gasteiger partial charge >= 0.3 is 0 Å². The Morgan fingerprint density at radius 2 is 1.78 bits per heavy atom. The van der Waals surface area contributed by atoms with Gasteiger partial charge in [0, 0.05) is 27.7 Å². The number of aromatic nitrogens is 2. The molecular formula is C22H17BrFN3. The Bertz CT molecular complexity index is 1100. The van der Waals surface area contributed by atoms with Crippen LogP contribution in [0.3, 0.4) is 0 Å². The maximum Gasteiger partial charge on any atom is 0.123 e. The first-order valence-electron chi connectivity index (χ1n) is 8.52. The molecule has 0 bridgehead atoms. The monoisotopic (exact) mass is 421 g/mol. The molecule has 27 heavy (non-hydrogen) atoms. The van der Waals surface area contributed by atoms with Gasteiger partial charge in [0.2, 0.25) is 0 Å². The van der Waals surface area contributed by atoms with E-state index >= 15 is 0 Å². The highest BCUT2D eigenvalue weighted by molar-refractivity contribution is 9.10. The van der Waals surface area contributed by atoms with Crippen LogP contribution in [0.2, 0.25) is 0 Å². The summed E-state index contributed by atoms with van der Waals surface area (Å²) in [7, 11) is 0. The highest BCUT2D eigenvalue weighted by Crippen LogP contribution is 2.25. The predicted molar refractivity (Wildman–Crippen MR) is 111 cm³/mol.